The maximum Gasteiger partial charge on any atom is 0.191 e. The molecule has 2 aliphatic heterocycles. The number of likely N-dealkylation sites (tertiary alicyclic amines) is 1. The molecule has 2 saturated heterocycles. The van der Waals surface area contributed by atoms with Gasteiger partial charge in [-0.25, -0.2) is 0 Å². The summed E-state index contributed by atoms with van der Waals surface area (Å²) in [7, 11) is 0. The first kappa shape index (κ1) is 24.1. The van der Waals surface area contributed by atoms with Gasteiger partial charge in [-0.3, -0.25) is 9.89 Å². The average molecular weight is 545 g/mol. The maximum atomic E-state index is 5.69. The Morgan fingerprint density at radius 3 is 2.40 bits per heavy atom. The van der Waals surface area contributed by atoms with E-state index in [-0.39, 0.29) is 29.5 Å². The van der Waals surface area contributed by atoms with Crippen LogP contribution in [0.1, 0.15) is 45.4 Å². The molecule has 3 fully saturated rings. The van der Waals surface area contributed by atoms with Crippen LogP contribution < -0.4 is 10.6 Å². The third kappa shape index (κ3) is 6.26. The van der Waals surface area contributed by atoms with E-state index in [1.54, 1.807) is 0 Å². The lowest BCUT2D eigenvalue weighted by Crippen LogP contribution is -2.54. The van der Waals surface area contributed by atoms with Crippen molar-refractivity contribution < 1.29 is 4.74 Å². The molecule has 1 aliphatic carbocycles. The van der Waals surface area contributed by atoms with E-state index < -0.39 is 0 Å². The van der Waals surface area contributed by atoms with Crippen LogP contribution in [0.2, 0.25) is 0 Å². The molecule has 0 radical (unpaired) electrons. The fourth-order valence-electron chi connectivity index (χ4n) is 4.52. The minimum atomic E-state index is 0. The SMILES string of the molecule is CCNC(=NCC1(N2CCCC2)CCOCC1)NCC1(Sc2ccccc2)CC1.I. The molecule has 0 bridgehead atoms. The number of nitrogens with one attached hydrogen (secondary N) is 2. The van der Waals surface area contributed by atoms with Crippen LogP contribution in [0.4, 0.5) is 0 Å². The van der Waals surface area contributed by atoms with Crippen molar-refractivity contribution in [3.8, 4) is 0 Å². The van der Waals surface area contributed by atoms with Crippen molar-refractivity contribution in [2.75, 3.05) is 45.9 Å². The molecule has 1 aromatic carbocycles. The third-order valence-corrected chi connectivity index (χ3v) is 8.03. The van der Waals surface area contributed by atoms with Gasteiger partial charge >= 0.3 is 0 Å². The molecule has 5 nitrogen and oxygen atoms in total. The van der Waals surface area contributed by atoms with Gasteiger partial charge < -0.3 is 15.4 Å². The Balaban J connectivity index is 0.00000256. The number of thioether (sulfide) groups is 1. The van der Waals surface area contributed by atoms with Gasteiger partial charge in [0.05, 0.1) is 6.54 Å². The quantitative estimate of drug-likeness (QED) is 0.293. The predicted molar refractivity (Wildman–Crippen MR) is 137 cm³/mol. The molecule has 0 amide bonds. The highest BCUT2D eigenvalue weighted by Gasteiger charge is 2.44. The summed E-state index contributed by atoms with van der Waals surface area (Å²) < 4.78 is 6.01. The summed E-state index contributed by atoms with van der Waals surface area (Å²) in [5.41, 5.74) is 0.188. The Hall–Kier alpha value is -0.510. The van der Waals surface area contributed by atoms with E-state index in [0.29, 0.717) is 4.75 Å². The van der Waals surface area contributed by atoms with Crippen molar-refractivity contribution in [3.63, 3.8) is 0 Å². The molecule has 168 valence electrons. The zero-order valence-corrected chi connectivity index (χ0v) is 21.3. The fourth-order valence-corrected chi connectivity index (χ4v) is 5.77. The second kappa shape index (κ2) is 11.4. The number of guanidine groups is 1. The summed E-state index contributed by atoms with van der Waals surface area (Å²) in [5.74, 6) is 0.970. The van der Waals surface area contributed by atoms with Crippen LogP contribution in [0.3, 0.4) is 0 Å². The Bertz CT molecular complexity index is 671. The minimum Gasteiger partial charge on any atom is -0.381 e. The average Bonchev–Trinajstić information content (AvgIpc) is 3.28. The lowest BCUT2D eigenvalue weighted by Gasteiger charge is -2.43. The molecule has 30 heavy (non-hydrogen) atoms. The van der Waals surface area contributed by atoms with Crippen molar-refractivity contribution >= 4 is 41.7 Å². The second-order valence-electron chi connectivity index (χ2n) is 8.68. The van der Waals surface area contributed by atoms with Crippen molar-refractivity contribution in [2.45, 2.75) is 60.6 Å². The van der Waals surface area contributed by atoms with Crippen LogP contribution in [0.5, 0.6) is 0 Å². The lowest BCUT2D eigenvalue weighted by atomic mass is 9.88. The second-order valence-corrected chi connectivity index (χ2v) is 10.2. The number of halogens is 1. The first-order chi connectivity index (χ1) is 14.2. The lowest BCUT2D eigenvalue weighted by molar-refractivity contribution is -0.0139. The summed E-state index contributed by atoms with van der Waals surface area (Å²) in [6, 6.07) is 10.8. The molecule has 0 aromatic heterocycles. The van der Waals surface area contributed by atoms with Crippen LogP contribution in [-0.4, -0.2) is 67.1 Å². The first-order valence-corrected chi connectivity index (χ1v) is 12.1. The van der Waals surface area contributed by atoms with Crippen molar-refractivity contribution in [3.05, 3.63) is 30.3 Å². The molecule has 1 aromatic rings. The van der Waals surface area contributed by atoms with Crippen LogP contribution in [-0.2, 0) is 4.74 Å². The molecule has 1 saturated carbocycles. The molecular formula is C23H37IN4OS. The molecule has 0 unspecified atom stereocenters. The first-order valence-electron chi connectivity index (χ1n) is 11.3. The van der Waals surface area contributed by atoms with Gasteiger partial charge in [0.2, 0.25) is 0 Å². The summed E-state index contributed by atoms with van der Waals surface area (Å²) in [6.45, 7) is 9.05. The Labute approximate surface area is 203 Å². The topological polar surface area (TPSA) is 48.9 Å². The van der Waals surface area contributed by atoms with Crippen LogP contribution in [0.15, 0.2) is 40.2 Å². The molecule has 2 heterocycles. The standard InChI is InChI=1S/C23H36N4OS.HI/c1-2-24-21(26-19-23(10-11-23)29-20-8-4-3-5-9-20)25-18-22(12-16-28-17-13-22)27-14-6-7-15-27;/h3-5,8-9H,2,6-7,10-19H2,1H3,(H2,24,25,26);1H. The zero-order valence-electron chi connectivity index (χ0n) is 18.2. The summed E-state index contributed by atoms with van der Waals surface area (Å²) >= 11 is 2.01. The number of nitrogens with zero attached hydrogens (tertiary/aromatic N) is 2. The van der Waals surface area contributed by atoms with Crippen LogP contribution in [0.25, 0.3) is 0 Å². The molecular weight excluding hydrogens is 507 g/mol. The molecule has 4 rings (SSSR count). The fraction of sp³-hybridized carbons (Fsp3) is 0.696. The van der Waals surface area contributed by atoms with Gasteiger partial charge in [0.25, 0.3) is 0 Å². The van der Waals surface area contributed by atoms with Gasteiger partial charge in [-0.15, -0.1) is 35.7 Å². The van der Waals surface area contributed by atoms with E-state index in [2.05, 4.69) is 52.8 Å². The normalized spacial score (nSPS) is 22.9. The van der Waals surface area contributed by atoms with Gasteiger partial charge in [-0.1, -0.05) is 18.2 Å². The minimum absolute atomic E-state index is 0. The zero-order chi connectivity index (χ0) is 20.0. The van der Waals surface area contributed by atoms with Crippen molar-refractivity contribution in [1.29, 1.82) is 0 Å². The summed E-state index contributed by atoms with van der Waals surface area (Å²) in [6.07, 6.45) is 7.39. The Morgan fingerprint density at radius 2 is 1.77 bits per heavy atom. The highest BCUT2D eigenvalue weighted by molar-refractivity contribution is 14.0. The van der Waals surface area contributed by atoms with Crippen LogP contribution >= 0.6 is 35.7 Å². The van der Waals surface area contributed by atoms with E-state index in [0.717, 1.165) is 51.6 Å². The number of benzene rings is 1. The Kier molecular flexibility index (Phi) is 9.16. The number of hydrogen-bond acceptors (Lipinski definition) is 4. The smallest absolute Gasteiger partial charge is 0.191 e. The van der Waals surface area contributed by atoms with Gasteiger partial charge in [-0.05, 0) is 70.7 Å². The molecule has 0 spiro atoms. The largest absolute Gasteiger partial charge is 0.381 e. The number of rotatable bonds is 8. The van der Waals surface area contributed by atoms with Crippen molar-refractivity contribution in [2.24, 2.45) is 4.99 Å². The van der Waals surface area contributed by atoms with Gasteiger partial charge in [0.15, 0.2) is 5.96 Å². The molecule has 3 aliphatic rings. The highest BCUT2D eigenvalue weighted by atomic mass is 127. The van der Waals surface area contributed by atoms with E-state index >= 15 is 0 Å². The number of ether oxygens (including phenoxy) is 1. The number of hydrogen-bond donors (Lipinski definition) is 2. The predicted octanol–water partition coefficient (Wildman–Crippen LogP) is 4.13. The molecule has 0 atom stereocenters. The highest BCUT2D eigenvalue weighted by Crippen LogP contribution is 2.51. The van der Waals surface area contributed by atoms with Crippen LogP contribution in [0, 0.1) is 0 Å². The van der Waals surface area contributed by atoms with Gasteiger partial charge in [0, 0.05) is 41.5 Å². The molecule has 7 heteroatoms. The summed E-state index contributed by atoms with van der Waals surface area (Å²) in [5, 5.41) is 7.13. The van der Waals surface area contributed by atoms with Crippen molar-refractivity contribution in [1.82, 2.24) is 15.5 Å². The number of aliphatic imine (C=N–C) groups is 1. The van der Waals surface area contributed by atoms with E-state index in [9.17, 15) is 0 Å². The monoisotopic (exact) mass is 544 g/mol. The van der Waals surface area contributed by atoms with Gasteiger partial charge in [-0.2, -0.15) is 0 Å². The van der Waals surface area contributed by atoms with E-state index in [1.165, 1.54) is 43.7 Å². The molecule has 2 N–H and O–H groups in total. The van der Waals surface area contributed by atoms with Gasteiger partial charge in [0.1, 0.15) is 0 Å². The van der Waals surface area contributed by atoms with E-state index in [1.807, 2.05) is 11.8 Å². The van der Waals surface area contributed by atoms with E-state index in [4.69, 9.17) is 9.73 Å². The Morgan fingerprint density at radius 1 is 1.07 bits per heavy atom. The summed E-state index contributed by atoms with van der Waals surface area (Å²) in [4.78, 5) is 9.14. The maximum absolute atomic E-state index is 5.69. The third-order valence-electron chi connectivity index (χ3n) is 6.54.